The highest BCUT2D eigenvalue weighted by atomic mass is 79.9. The van der Waals surface area contributed by atoms with Gasteiger partial charge < -0.3 is 4.74 Å². The van der Waals surface area contributed by atoms with E-state index in [2.05, 4.69) is 28.6 Å². The van der Waals surface area contributed by atoms with Crippen LogP contribution in [0.2, 0.25) is 0 Å². The van der Waals surface area contributed by atoms with Gasteiger partial charge in [-0.3, -0.25) is 0 Å². The fourth-order valence-electron chi connectivity index (χ4n) is 1.21. The van der Waals surface area contributed by atoms with Crippen LogP contribution >= 0.6 is 15.9 Å². The zero-order valence-electron chi connectivity index (χ0n) is 9.38. The molecule has 0 aromatic heterocycles. The number of halogens is 1. The van der Waals surface area contributed by atoms with Gasteiger partial charge in [0.2, 0.25) is 0 Å². The quantitative estimate of drug-likeness (QED) is 0.788. The summed E-state index contributed by atoms with van der Waals surface area (Å²) in [4.78, 5) is 0. The van der Waals surface area contributed by atoms with Gasteiger partial charge in [-0.05, 0) is 47.5 Å². The number of allylic oxidation sites excluding steroid dienone is 1. The van der Waals surface area contributed by atoms with E-state index < -0.39 is 0 Å². The summed E-state index contributed by atoms with van der Waals surface area (Å²) in [6.45, 7) is 9.82. The van der Waals surface area contributed by atoms with Crippen molar-refractivity contribution in [2.75, 3.05) is 0 Å². The van der Waals surface area contributed by atoms with Crippen molar-refractivity contribution in [3.8, 4) is 5.75 Å². The summed E-state index contributed by atoms with van der Waals surface area (Å²) in [6.07, 6.45) is 2.04. The van der Waals surface area contributed by atoms with Crippen LogP contribution in [0.15, 0.2) is 35.3 Å². The second kappa shape index (κ2) is 5.36. The van der Waals surface area contributed by atoms with Gasteiger partial charge in [0.15, 0.2) is 0 Å². The van der Waals surface area contributed by atoms with E-state index in [-0.39, 0.29) is 6.10 Å². The molecule has 0 saturated heterocycles. The van der Waals surface area contributed by atoms with Crippen molar-refractivity contribution in [2.45, 2.75) is 26.9 Å². The summed E-state index contributed by atoms with van der Waals surface area (Å²) >= 11 is 3.50. The molecule has 0 spiro atoms. The Hall–Kier alpha value is -0.760. The molecule has 0 atom stereocenters. The average molecular weight is 268 g/mol. The van der Waals surface area contributed by atoms with Gasteiger partial charge in [-0.15, -0.1) is 6.58 Å². The van der Waals surface area contributed by atoms with Crippen molar-refractivity contribution in [3.05, 3.63) is 46.8 Å². The van der Waals surface area contributed by atoms with Crippen LogP contribution in [0.1, 0.15) is 26.3 Å². The van der Waals surface area contributed by atoms with E-state index in [4.69, 9.17) is 4.74 Å². The van der Waals surface area contributed by atoms with Crippen LogP contribution in [0, 0.1) is 5.92 Å². The third kappa shape index (κ3) is 3.38. The maximum Gasteiger partial charge on any atom is 0.133 e. The molecule has 0 aliphatic carbocycles. The third-order valence-electron chi connectivity index (χ3n) is 2.06. The SMILES string of the molecule is C=C[C](C)c1ccc(OC(C)C)c(Br)c1. The Balaban J connectivity index is 2.92. The van der Waals surface area contributed by atoms with E-state index in [9.17, 15) is 0 Å². The van der Waals surface area contributed by atoms with Crippen molar-refractivity contribution in [2.24, 2.45) is 0 Å². The van der Waals surface area contributed by atoms with Gasteiger partial charge in [0.05, 0.1) is 10.6 Å². The molecule has 0 saturated carbocycles. The molecule has 0 bridgehead atoms. The predicted octanol–water partition coefficient (Wildman–Crippen LogP) is 4.36. The van der Waals surface area contributed by atoms with Crippen LogP contribution in [0.5, 0.6) is 5.75 Å². The summed E-state index contributed by atoms with van der Waals surface area (Å²) in [5.74, 6) is 2.04. The topological polar surface area (TPSA) is 9.23 Å². The van der Waals surface area contributed by atoms with Gasteiger partial charge >= 0.3 is 0 Å². The largest absolute Gasteiger partial charge is 0.490 e. The van der Waals surface area contributed by atoms with E-state index in [1.54, 1.807) is 0 Å². The first kappa shape index (κ1) is 12.3. The number of hydrogen-bond donors (Lipinski definition) is 0. The molecule has 1 radical (unpaired) electrons. The van der Waals surface area contributed by atoms with Crippen molar-refractivity contribution < 1.29 is 4.74 Å². The van der Waals surface area contributed by atoms with Gasteiger partial charge in [-0.25, -0.2) is 0 Å². The molecule has 0 aliphatic heterocycles. The maximum absolute atomic E-state index is 5.63. The van der Waals surface area contributed by atoms with Crippen LogP contribution < -0.4 is 4.74 Å². The van der Waals surface area contributed by atoms with E-state index in [0.29, 0.717) is 0 Å². The first-order valence-electron chi connectivity index (χ1n) is 4.97. The summed E-state index contributed by atoms with van der Waals surface area (Å²) < 4.78 is 6.61. The number of rotatable bonds is 4. The molecular formula is C13H16BrO. The molecule has 0 heterocycles. The molecule has 0 N–H and O–H groups in total. The number of hydrogen-bond acceptors (Lipinski definition) is 1. The van der Waals surface area contributed by atoms with Gasteiger partial charge in [-0.2, -0.15) is 0 Å². The van der Waals surface area contributed by atoms with Crippen molar-refractivity contribution in [1.82, 2.24) is 0 Å². The molecule has 2 heteroatoms. The van der Waals surface area contributed by atoms with E-state index in [1.807, 2.05) is 39.0 Å². The van der Waals surface area contributed by atoms with Crippen molar-refractivity contribution in [1.29, 1.82) is 0 Å². The van der Waals surface area contributed by atoms with Crippen LogP contribution in [-0.2, 0) is 0 Å². The second-order valence-corrected chi connectivity index (χ2v) is 4.55. The van der Waals surface area contributed by atoms with Crippen molar-refractivity contribution >= 4 is 15.9 Å². The lowest BCUT2D eigenvalue weighted by Gasteiger charge is -2.13. The summed E-state index contributed by atoms with van der Waals surface area (Å²) in [6, 6.07) is 6.07. The molecule has 0 aliphatic rings. The van der Waals surface area contributed by atoms with Crippen LogP contribution in [-0.4, -0.2) is 6.10 Å². The Bertz CT molecular complexity index is 344. The smallest absolute Gasteiger partial charge is 0.133 e. The summed E-state index contributed by atoms with van der Waals surface area (Å²) in [7, 11) is 0. The predicted molar refractivity (Wildman–Crippen MR) is 68.1 cm³/mol. The fraction of sp³-hybridized carbons (Fsp3) is 0.308. The molecule has 1 aromatic carbocycles. The highest BCUT2D eigenvalue weighted by Crippen LogP contribution is 2.29. The molecule has 1 rings (SSSR count). The van der Waals surface area contributed by atoms with E-state index in [1.165, 1.54) is 0 Å². The summed E-state index contributed by atoms with van der Waals surface area (Å²) in [5.41, 5.74) is 1.16. The van der Waals surface area contributed by atoms with Crippen molar-refractivity contribution in [3.63, 3.8) is 0 Å². The lowest BCUT2D eigenvalue weighted by atomic mass is 10.0. The average Bonchev–Trinajstić information content (AvgIpc) is 2.19. The first-order valence-corrected chi connectivity index (χ1v) is 5.76. The zero-order chi connectivity index (χ0) is 11.4. The highest BCUT2D eigenvalue weighted by Gasteiger charge is 2.07. The van der Waals surface area contributed by atoms with Gasteiger partial charge in [0.1, 0.15) is 5.75 Å². The third-order valence-corrected chi connectivity index (χ3v) is 2.68. The Kier molecular flexibility index (Phi) is 4.40. The molecular weight excluding hydrogens is 252 g/mol. The van der Waals surface area contributed by atoms with Gasteiger partial charge in [-0.1, -0.05) is 19.1 Å². The van der Waals surface area contributed by atoms with Crippen LogP contribution in [0.3, 0.4) is 0 Å². The molecule has 1 aromatic rings. The highest BCUT2D eigenvalue weighted by molar-refractivity contribution is 9.10. The lowest BCUT2D eigenvalue weighted by molar-refractivity contribution is 0.241. The minimum absolute atomic E-state index is 0.191. The second-order valence-electron chi connectivity index (χ2n) is 3.70. The Morgan fingerprint density at radius 2 is 2.13 bits per heavy atom. The number of ether oxygens (including phenoxy) is 1. The first-order chi connectivity index (χ1) is 7.04. The zero-order valence-corrected chi connectivity index (χ0v) is 11.0. The standard InChI is InChI=1S/C13H16BrO/c1-5-10(4)11-6-7-13(12(14)8-11)15-9(2)3/h5-9H,1H2,2-4H3. The Morgan fingerprint density at radius 3 is 2.60 bits per heavy atom. The van der Waals surface area contributed by atoms with Gasteiger partial charge in [0.25, 0.3) is 0 Å². The summed E-state index contributed by atoms with van der Waals surface area (Å²) in [5, 5.41) is 0. The van der Waals surface area contributed by atoms with Crippen LogP contribution in [0.25, 0.3) is 0 Å². The van der Waals surface area contributed by atoms with Gasteiger partial charge in [0, 0.05) is 5.92 Å². The normalized spacial score (nSPS) is 10.8. The monoisotopic (exact) mass is 267 g/mol. The Labute approximate surface area is 100 Å². The molecule has 0 unspecified atom stereocenters. The molecule has 0 amide bonds. The minimum Gasteiger partial charge on any atom is -0.490 e. The number of benzene rings is 1. The fourth-order valence-corrected chi connectivity index (χ4v) is 1.69. The molecule has 15 heavy (non-hydrogen) atoms. The molecule has 1 nitrogen and oxygen atoms in total. The Morgan fingerprint density at radius 1 is 1.47 bits per heavy atom. The van der Waals surface area contributed by atoms with E-state index >= 15 is 0 Å². The lowest BCUT2D eigenvalue weighted by Crippen LogP contribution is -2.06. The minimum atomic E-state index is 0.191. The van der Waals surface area contributed by atoms with Crippen LogP contribution in [0.4, 0.5) is 0 Å². The molecule has 81 valence electrons. The van der Waals surface area contributed by atoms with E-state index in [0.717, 1.165) is 21.7 Å². The maximum atomic E-state index is 5.63. The molecule has 0 fully saturated rings.